The minimum absolute atomic E-state index is 0.0294. The summed E-state index contributed by atoms with van der Waals surface area (Å²) >= 11 is 0. The van der Waals surface area contributed by atoms with Crippen LogP contribution in [0.2, 0.25) is 0 Å². The monoisotopic (exact) mass is 318 g/mol. The molecule has 122 valence electrons. The molecule has 1 heterocycles. The van der Waals surface area contributed by atoms with Gasteiger partial charge in [-0.2, -0.15) is 0 Å². The van der Waals surface area contributed by atoms with Gasteiger partial charge in [0.2, 0.25) is 5.91 Å². The molecule has 0 unspecified atom stereocenters. The molecule has 0 bridgehead atoms. The second kappa shape index (κ2) is 7.58. The van der Waals surface area contributed by atoms with Gasteiger partial charge in [0.25, 0.3) is 0 Å². The molecule has 1 aromatic carbocycles. The van der Waals surface area contributed by atoms with Gasteiger partial charge in [0.1, 0.15) is 12.4 Å². The number of carbonyl (C=O) groups is 2. The molecule has 0 atom stereocenters. The number of ether oxygens (including phenoxy) is 1. The predicted octanol–water partition coefficient (Wildman–Crippen LogP) is 2.28. The number of aryl methyl sites for hydroxylation is 1. The molecule has 0 aliphatic carbocycles. The molecule has 0 fully saturated rings. The zero-order chi connectivity index (χ0) is 16.8. The Morgan fingerprint density at radius 3 is 2.48 bits per heavy atom. The van der Waals surface area contributed by atoms with Gasteiger partial charge in [0.15, 0.2) is 0 Å². The summed E-state index contributed by atoms with van der Waals surface area (Å²) in [5.74, 6) is -1.10. The van der Waals surface area contributed by atoms with Gasteiger partial charge < -0.3 is 15.0 Å². The van der Waals surface area contributed by atoms with Crippen LogP contribution in [-0.4, -0.2) is 23.1 Å². The standard InChI is InChI=1S/C17H19FN2O3/c1-2-23-17(22)11-20-14(8-10-16(19)21)7-9-15(20)12-3-5-13(18)6-4-12/h3-7,9H,2,8,10-11H2,1H3,(H2,19,21). The van der Waals surface area contributed by atoms with Crippen molar-refractivity contribution in [3.63, 3.8) is 0 Å². The Balaban J connectivity index is 2.34. The number of rotatable bonds is 7. The van der Waals surface area contributed by atoms with Crippen LogP contribution in [0.4, 0.5) is 4.39 Å². The number of nitrogens with zero attached hydrogens (tertiary/aromatic N) is 1. The third-order valence-corrected chi connectivity index (χ3v) is 3.43. The summed E-state index contributed by atoms with van der Waals surface area (Å²) in [6.45, 7) is 2.06. The summed E-state index contributed by atoms with van der Waals surface area (Å²) in [5.41, 5.74) is 7.53. The number of hydrogen-bond acceptors (Lipinski definition) is 3. The van der Waals surface area contributed by atoms with Crippen LogP contribution in [0.15, 0.2) is 36.4 Å². The van der Waals surface area contributed by atoms with Crippen LogP contribution in [0, 0.1) is 5.82 Å². The van der Waals surface area contributed by atoms with Crippen molar-refractivity contribution >= 4 is 11.9 Å². The van der Waals surface area contributed by atoms with E-state index in [0.29, 0.717) is 13.0 Å². The molecule has 1 aromatic heterocycles. The average molecular weight is 318 g/mol. The van der Waals surface area contributed by atoms with E-state index in [1.54, 1.807) is 23.6 Å². The van der Waals surface area contributed by atoms with Crippen LogP contribution in [0.1, 0.15) is 19.0 Å². The second-order valence-electron chi connectivity index (χ2n) is 5.07. The van der Waals surface area contributed by atoms with Gasteiger partial charge in [-0.1, -0.05) is 0 Å². The highest BCUT2D eigenvalue weighted by molar-refractivity contribution is 5.74. The lowest BCUT2D eigenvalue weighted by atomic mass is 10.1. The number of benzene rings is 1. The summed E-state index contributed by atoms with van der Waals surface area (Å²) in [5, 5.41) is 0. The fourth-order valence-corrected chi connectivity index (χ4v) is 2.37. The molecule has 0 radical (unpaired) electrons. The van der Waals surface area contributed by atoms with Crippen molar-refractivity contribution < 1.29 is 18.7 Å². The highest BCUT2D eigenvalue weighted by atomic mass is 19.1. The lowest BCUT2D eigenvalue weighted by molar-refractivity contribution is -0.143. The van der Waals surface area contributed by atoms with Crippen molar-refractivity contribution in [1.82, 2.24) is 4.57 Å². The van der Waals surface area contributed by atoms with E-state index < -0.39 is 5.91 Å². The number of amides is 1. The first-order valence-electron chi connectivity index (χ1n) is 7.39. The molecule has 0 saturated carbocycles. The Labute approximate surface area is 133 Å². The van der Waals surface area contributed by atoms with Crippen LogP contribution in [0.3, 0.4) is 0 Å². The third kappa shape index (κ3) is 4.42. The maximum atomic E-state index is 13.1. The number of esters is 1. The van der Waals surface area contributed by atoms with Crippen molar-refractivity contribution in [3.05, 3.63) is 47.9 Å². The molecular weight excluding hydrogens is 299 g/mol. The minimum Gasteiger partial charge on any atom is -0.465 e. The zero-order valence-electron chi connectivity index (χ0n) is 12.9. The molecule has 2 rings (SSSR count). The van der Waals surface area contributed by atoms with E-state index in [-0.39, 0.29) is 24.8 Å². The van der Waals surface area contributed by atoms with Gasteiger partial charge in [0.05, 0.1) is 6.61 Å². The van der Waals surface area contributed by atoms with Crippen molar-refractivity contribution in [2.45, 2.75) is 26.3 Å². The van der Waals surface area contributed by atoms with Gasteiger partial charge in [0, 0.05) is 17.8 Å². The topological polar surface area (TPSA) is 74.3 Å². The normalized spacial score (nSPS) is 10.5. The Morgan fingerprint density at radius 1 is 1.17 bits per heavy atom. The van der Waals surface area contributed by atoms with Crippen LogP contribution in [0.5, 0.6) is 0 Å². The minimum atomic E-state index is -0.405. The van der Waals surface area contributed by atoms with Crippen molar-refractivity contribution in [1.29, 1.82) is 0 Å². The first kappa shape index (κ1) is 16.7. The maximum absolute atomic E-state index is 13.1. The lowest BCUT2D eigenvalue weighted by Crippen LogP contribution is -2.18. The quantitative estimate of drug-likeness (QED) is 0.796. The number of carbonyl (C=O) groups excluding carboxylic acids is 2. The second-order valence-corrected chi connectivity index (χ2v) is 5.07. The smallest absolute Gasteiger partial charge is 0.325 e. The van der Waals surface area contributed by atoms with E-state index in [4.69, 9.17) is 10.5 Å². The number of primary amides is 1. The third-order valence-electron chi connectivity index (χ3n) is 3.43. The fraction of sp³-hybridized carbons (Fsp3) is 0.294. The first-order chi connectivity index (χ1) is 11.0. The van der Waals surface area contributed by atoms with E-state index in [0.717, 1.165) is 17.0 Å². The molecule has 5 nitrogen and oxygen atoms in total. The number of nitrogens with two attached hydrogens (primary N) is 1. The molecule has 0 spiro atoms. The summed E-state index contributed by atoms with van der Waals surface area (Å²) in [6, 6.07) is 9.68. The Morgan fingerprint density at radius 2 is 1.87 bits per heavy atom. The van der Waals surface area contributed by atoms with E-state index in [1.807, 2.05) is 12.1 Å². The number of hydrogen-bond donors (Lipinski definition) is 1. The number of halogens is 1. The molecule has 23 heavy (non-hydrogen) atoms. The maximum Gasteiger partial charge on any atom is 0.325 e. The van der Waals surface area contributed by atoms with Gasteiger partial charge in [-0.15, -0.1) is 0 Å². The number of aromatic nitrogens is 1. The highest BCUT2D eigenvalue weighted by Crippen LogP contribution is 2.24. The SMILES string of the molecule is CCOC(=O)Cn1c(CCC(N)=O)ccc1-c1ccc(F)cc1. The molecule has 1 amide bonds. The fourth-order valence-electron chi connectivity index (χ4n) is 2.37. The largest absolute Gasteiger partial charge is 0.465 e. The van der Waals surface area contributed by atoms with Crippen molar-refractivity contribution in [3.8, 4) is 11.3 Å². The van der Waals surface area contributed by atoms with Gasteiger partial charge in [-0.25, -0.2) is 4.39 Å². The summed E-state index contributed by atoms with van der Waals surface area (Å²) in [7, 11) is 0. The van der Waals surface area contributed by atoms with Gasteiger partial charge in [-0.05, 0) is 55.3 Å². The van der Waals surface area contributed by atoms with Crippen LogP contribution < -0.4 is 5.73 Å². The van der Waals surface area contributed by atoms with Gasteiger partial charge >= 0.3 is 5.97 Å². The summed E-state index contributed by atoms with van der Waals surface area (Å²) in [4.78, 5) is 22.8. The van der Waals surface area contributed by atoms with Gasteiger partial charge in [-0.3, -0.25) is 9.59 Å². The van der Waals surface area contributed by atoms with Crippen molar-refractivity contribution in [2.75, 3.05) is 6.61 Å². The zero-order valence-corrected chi connectivity index (χ0v) is 12.9. The van der Waals surface area contributed by atoms with E-state index >= 15 is 0 Å². The summed E-state index contributed by atoms with van der Waals surface area (Å²) in [6.07, 6.45) is 0.617. The molecule has 0 saturated heterocycles. The molecule has 0 aliphatic heterocycles. The summed E-state index contributed by atoms with van der Waals surface area (Å²) < 4.78 is 19.9. The van der Waals surface area contributed by atoms with Crippen LogP contribution in [0.25, 0.3) is 11.3 Å². The molecule has 2 N–H and O–H groups in total. The molecule has 2 aromatic rings. The van der Waals surface area contributed by atoms with Crippen molar-refractivity contribution in [2.24, 2.45) is 5.73 Å². The first-order valence-corrected chi connectivity index (χ1v) is 7.39. The van der Waals surface area contributed by atoms with E-state index in [1.165, 1.54) is 12.1 Å². The lowest BCUT2D eigenvalue weighted by Gasteiger charge is -2.13. The van der Waals surface area contributed by atoms with Crippen LogP contribution in [-0.2, 0) is 27.3 Å². The molecule has 6 heteroatoms. The van der Waals surface area contributed by atoms with E-state index in [2.05, 4.69) is 0 Å². The molecule has 0 aliphatic rings. The average Bonchev–Trinajstić information content (AvgIpc) is 2.89. The van der Waals surface area contributed by atoms with Crippen LogP contribution >= 0.6 is 0 Å². The highest BCUT2D eigenvalue weighted by Gasteiger charge is 2.14. The Kier molecular flexibility index (Phi) is 5.51. The Hall–Kier alpha value is -2.63. The molecular formula is C17H19FN2O3. The van der Waals surface area contributed by atoms with E-state index in [9.17, 15) is 14.0 Å². The predicted molar refractivity (Wildman–Crippen MR) is 84.0 cm³/mol. The Bertz CT molecular complexity index is 692.